The summed E-state index contributed by atoms with van der Waals surface area (Å²) >= 11 is 1.80. The number of anilines is 1. The molecule has 0 radical (unpaired) electrons. The van der Waals surface area contributed by atoms with Crippen LogP contribution >= 0.6 is 11.3 Å². The molecule has 1 aliphatic rings. The van der Waals surface area contributed by atoms with Crippen LogP contribution in [-0.4, -0.2) is 17.4 Å². The summed E-state index contributed by atoms with van der Waals surface area (Å²) in [4.78, 5) is 16.3. The van der Waals surface area contributed by atoms with Crippen molar-refractivity contribution in [3.05, 3.63) is 51.2 Å². The Bertz CT molecular complexity index is 677. The van der Waals surface area contributed by atoms with Crippen LogP contribution in [-0.2, 0) is 6.42 Å². The summed E-state index contributed by atoms with van der Waals surface area (Å²) < 4.78 is 0. The fraction of sp³-hybridized carbons (Fsp3) is 0.353. The Labute approximate surface area is 129 Å². The fourth-order valence-electron chi connectivity index (χ4n) is 3.05. The first-order valence-electron chi connectivity index (χ1n) is 7.35. The Hall–Kier alpha value is -1.81. The third-order valence-electron chi connectivity index (χ3n) is 4.26. The summed E-state index contributed by atoms with van der Waals surface area (Å²) in [5.74, 6) is 0.113. The number of amides is 1. The highest BCUT2D eigenvalue weighted by Gasteiger charge is 2.30. The zero-order chi connectivity index (χ0) is 15.0. The molecule has 3 nitrogen and oxygen atoms in total. The van der Waals surface area contributed by atoms with E-state index >= 15 is 0 Å². The summed E-state index contributed by atoms with van der Waals surface area (Å²) in [6.07, 6.45) is 1.91. The second-order valence-corrected chi connectivity index (χ2v) is 6.54. The van der Waals surface area contributed by atoms with Gasteiger partial charge in [0.15, 0.2) is 0 Å². The largest absolute Gasteiger partial charge is 0.399 e. The van der Waals surface area contributed by atoms with E-state index in [-0.39, 0.29) is 11.9 Å². The first-order chi connectivity index (χ1) is 10.1. The molecule has 0 fully saturated rings. The van der Waals surface area contributed by atoms with Gasteiger partial charge in [-0.05, 0) is 60.5 Å². The molecule has 4 heteroatoms. The number of hydrogen-bond acceptors (Lipinski definition) is 3. The van der Waals surface area contributed by atoms with Crippen molar-refractivity contribution in [2.24, 2.45) is 0 Å². The second-order valence-electron chi connectivity index (χ2n) is 5.54. The summed E-state index contributed by atoms with van der Waals surface area (Å²) in [5, 5.41) is 2.13. The van der Waals surface area contributed by atoms with Gasteiger partial charge in [0.25, 0.3) is 5.91 Å². The lowest BCUT2D eigenvalue weighted by molar-refractivity contribution is 0.0657. The van der Waals surface area contributed by atoms with E-state index in [2.05, 4.69) is 18.4 Å². The third kappa shape index (κ3) is 2.44. The number of benzene rings is 1. The highest BCUT2D eigenvalue weighted by molar-refractivity contribution is 7.10. The van der Waals surface area contributed by atoms with E-state index in [4.69, 9.17) is 5.73 Å². The van der Waals surface area contributed by atoms with Crippen LogP contribution in [0.25, 0.3) is 0 Å². The molecule has 1 unspecified atom stereocenters. The zero-order valence-electron chi connectivity index (χ0n) is 12.4. The van der Waals surface area contributed by atoms with Crippen molar-refractivity contribution in [3.8, 4) is 0 Å². The number of rotatable bonds is 2. The van der Waals surface area contributed by atoms with Crippen molar-refractivity contribution < 1.29 is 4.79 Å². The first kappa shape index (κ1) is 14.1. The van der Waals surface area contributed by atoms with E-state index in [1.807, 2.05) is 30.0 Å². The van der Waals surface area contributed by atoms with Crippen molar-refractivity contribution in [2.45, 2.75) is 32.7 Å². The van der Waals surface area contributed by atoms with Gasteiger partial charge in [0.2, 0.25) is 0 Å². The van der Waals surface area contributed by atoms with Crippen molar-refractivity contribution in [1.82, 2.24) is 4.90 Å². The van der Waals surface area contributed by atoms with Crippen LogP contribution in [0.1, 0.15) is 45.7 Å². The van der Waals surface area contributed by atoms with E-state index in [9.17, 15) is 4.79 Å². The lowest BCUT2D eigenvalue weighted by atomic mass is 9.96. The van der Waals surface area contributed by atoms with Crippen LogP contribution in [0.2, 0.25) is 0 Å². The van der Waals surface area contributed by atoms with Crippen molar-refractivity contribution >= 4 is 22.9 Å². The van der Waals surface area contributed by atoms with E-state index < -0.39 is 0 Å². The Morgan fingerprint density at radius 1 is 1.43 bits per heavy atom. The molecule has 0 spiro atoms. The molecule has 0 saturated heterocycles. The summed E-state index contributed by atoms with van der Waals surface area (Å²) in [6, 6.07) is 7.92. The predicted octanol–water partition coefficient (Wildman–Crippen LogP) is 3.79. The predicted molar refractivity (Wildman–Crippen MR) is 87.7 cm³/mol. The van der Waals surface area contributed by atoms with Crippen LogP contribution in [0.4, 0.5) is 5.69 Å². The van der Waals surface area contributed by atoms with Gasteiger partial charge >= 0.3 is 0 Å². The number of hydrogen-bond donors (Lipinski definition) is 1. The minimum absolute atomic E-state index is 0.113. The van der Waals surface area contributed by atoms with Crippen LogP contribution in [0.3, 0.4) is 0 Å². The smallest absolute Gasteiger partial charge is 0.254 e. The van der Waals surface area contributed by atoms with Crippen molar-refractivity contribution in [1.29, 1.82) is 0 Å². The normalized spacial score (nSPS) is 17.6. The molecule has 21 heavy (non-hydrogen) atoms. The average molecular weight is 300 g/mol. The minimum Gasteiger partial charge on any atom is -0.399 e. The summed E-state index contributed by atoms with van der Waals surface area (Å²) in [7, 11) is 0. The van der Waals surface area contributed by atoms with Gasteiger partial charge in [-0.3, -0.25) is 4.79 Å². The number of aryl methyl sites for hydroxylation is 1. The number of thiophene rings is 1. The van der Waals surface area contributed by atoms with Gasteiger partial charge in [0.1, 0.15) is 0 Å². The maximum absolute atomic E-state index is 12.9. The first-order valence-corrected chi connectivity index (χ1v) is 8.23. The van der Waals surface area contributed by atoms with Gasteiger partial charge < -0.3 is 10.6 Å². The molecule has 0 bridgehead atoms. The van der Waals surface area contributed by atoms with Crippen molar-refractivity contribution in [3.63, 3.8) is 0 Å². The molecule has 0 aliphatic carbocycles. The van der Waals surface area contributed by atoms with Gasteiger partial charge in [-0.2, -0.15) is 0 Å². The number of carbonyl (C=O) groups excluding carboxylic acids is 1. The number of nitrogens with zero attached hydrogens (tertiary/aromatic N) is 1. The average Bonchev–Trinajstić information content (AvgIpc) is 2.96. The Balaban J connectivity index is 1.92. The number of fused-ring (bicyclic) bond motifs is 1. The SMILES string of the molecule is CCC1c2ccsc2CCN1C(=O)c1ccc(N)c(C)c1. The highest BCUT2D eigenvalue weighted by atomic mass is 32.1. The third-order valence-corrected chi connectivity index (χ3v) is 5.26. The summed E-state index contributed by atoms with van der Waals surface area (Å²) in [5.41, 5.74) is 9.60. The van der Waals surface area contributed by atoms with Crippen LogP contribution < -0.4 is 5.73 Å². The van der Waals surface area contributed by atoms with Crippen LogP contribution in [0, 0.1) is 6.92 Å². The molecular weight excluding hydrogens is 280 g/mol. The van der Waals surface area contributed by atoms with Gasteiger partial charge in [-0.15, -0.1) is 11.3 Å². The molecule has 2 heterocycles. The molecule has 1 aromatic heterocycles. The van der Waals surface area contributed by atoms with Gasteiger partial charge in [0, 0.05) is 22.7 Å². The lowest BCUT2D eigenvalue weighted by Crippen LogP contribution is -2.39. The molecule has 1 atom stereocenters. The van der Waals surface area contributed by atoms with Crippen molar-refractivity contribution in [2.75, 3.05) is 12.3 Å². The standard InChI is InChI=1S/C17H20N2OS/c1-3-15-13-7-9-21-16(13)6-8-19(15)17(20)12-4-5-14(18)11(2)10-12/h4-5,7,9-10,15H,3,6,8,18H2,1-2H3. The molecule has 2 aromatic rings. The highest BCUT2D eigenvalue weighted by Crippen LogP contribution is 2.36. The number of nitrogen functional groups attached to an aromatic ring is 1. The van der Waals surface area contributed by atoms with Crippen LogP contribution in [0.5, 0.6) is 0 Å². The molecular formula is C17H20N2OS. The summed E-state index contributed by atoms with van der Waals surface area (Å²) in [6.45, 7) is 4.89. The van der Waals surface area contributed by atoms with E-state index in [1.165, 1.54) is 10.4 Å². The maximum atomic E-state index is 12.9. The fourth-order valence-corrected chi connectivity index (χ4v) is 3.98. The molecule has 1 aromatic carbocycles. The lowest BCUT2D eigenvalue weighted by Gasteiger charge is -2.35. The molecule has 0 saturated carbocycles. The molecule has 2 N–H and O–H groups in total. The van der Waals surface area contributed by atoms with Gasteiger partial charge in [0.05, 0.1) is 6.04 Å². The molecule has 110 valence electrons. The zero-order valence-corrected chi connectivity index (χ0v) is 13.2. The maximum Gasteiger partial charge on any atom is 0.254 e. The van der Waals surface area contributed by atoms with Gasteiger partial charge in [-0.25, -0.2) is 0 Å². The monoisotopic (exact) mass is 300 g/mol. The Morgan fingerprint density at radius 3 is 2.95 bits per heavy atom. The van der Waals surface area contributed by atoms with E-state index in [1.54, 1.807) is 11.3 Å². The Kier molecular flexibility index (Phi) is 3.72. The van der Waals surface area contributed by atoms with Crippen LogP contribution in [0.15, 0.2) is 29.6 Å². The second kappa shape index (κ2) is 5.53. The molecule has 1 amide bonds. The number of carbonyl (C=O) groups is 1. The topological polar surface area (TPSA) is 46.3 Å². The van der Waals surface area contributed by atoms with E-state index in [0.717, 1.165) is 36.2 Å². The Morgan fingerprint density at radius 2 is 2.24 bits per heavy atom. The quantitative estimate of drug-likeness (QED) is 0.858. The molecule has 1 aliphatic heterocycles. The van der Waals surface area contributed by atoms with E-state index in [0.29, 0.717) is 0 Å². The molecule has 3 rings (SSSR count). The number of nitrogens with two attached hydrogens (primary N) is 1. The van der Waals surface area contributed by atoms with Gasteiger partial charge in [-0.1, -0.05) is 6.92 Å². The minimum atomic E-state index is 0.113.